The number of aryl methyl sites for hydroxylation is 1. The molecule has 8 nitrogen and oxygen atoms in total. The van der Waals surface area contributed by atoms with Gasteiger partial charge in [0.05, 0.1) is 19.4 Å². The Hall–Kier alpha value is -2.48. The van der Waals surface area contributed by atoms with E-state index in [1.165, 1.54) is 0 Å². The lowest BCUT2D eigenvalue weighted by atomic mass is 9.66. The molecule has 0 radical (unpaired) electrons. The van der Waals surface area contributed by atoms with Crippen molar-refractivity contribution in [3.63, 3.8) is 0 Å². The second-order valence-corrected chi connectivity index (χ2v) is 7.37. The number of amides is 1. The topological polar surface area (TPSA) is 82.4 Å². The summed E-state index contributed by atoms with van der Waals surface area (Å²) < 4.78 is 13.3. The number of rotatable bonds is 4. The van der Waals surface area contributed by atoms with Crippen molar-refractivity contribution in [2.75, 3.05) is 32.9 Å². The maximum Gasteiger partial charge on any atom is 0.272 e. The number of likely N-dealkylation sites (tertiary alicyclic amines) is 1. The monoisotopic (exact) mass is 371 g/mol. The van der Waals surface area contributed by atoms with Gasteiger partial charge in [0.2, 0.25) is 5.88 Å². The molecule has 1 amide bonds. The van der Waals surface area contributed by atoms with Crippen molar-refractivity contribution in [1.29, 1.82) is 0 Å². The molecule has 2 aliphatic heterocycles. The van der Waals surface area contributed by atoms with E-state index in [-0.39, 0.29) is 11.3 Å². The number of hydrogen-bond acceptors (Lipinski definition) is 6. The Morgan fingerprint density at radius 2 is 2.15 bits per heavy atom. The molecular formula is C19H25N5O3. The van der Waals surface area contributed by atoms with Crippen LogP contribution in [0.1, 0.15) is 29.8 Å². The van der Waals surface area contributed by atoms with Crippen molar-refractivity contribution in [1.82, 2.24) is 24.6 Å². The van der Waals surface area contributed by atoms with E-state index in [1.807, 2.05) is 4.90 Å². The second-order valence-electron chi connectivity index (χ2n) is 7.37. The predicted molar refractivity (Wildman–Crippen MR) is 97.2 cm³/mol. The van der Waals surface area contributed by atoms with Crippen molar-refractivity contribution in [2.24, 2.45) is 18.4 Å². The molecule has 2 aliphatic rings. The lowest BCUT2D eigenvalue weighted by Crippen LogP contribution is -2.51. The predicted octanol–water partition coefficient (Wildman–Crippen LogP) is 1.55. The molecule has 0 bridgehead atoms. The highest BCUT2D eigenvalue weighted by atomic mass is 16.5. The van der Waals surface area contributed by atoms with Crippen LogP contribution in [0.2, 0.25) is 0 Å². The molecule has 0 aromatic carbocycles. The molecule has 8 heteroatoms. The molecule has 2 fully saturated rings. The number of nitrogens with zero attached hydrogens (tertiary/aromatic N) is 5. The van der Waals surface area contributed by atoms with E-state index in [0.717, 1.165) is 39.0 Å². The van der Waals surface area contributed by atoms with Gasteiger partial charge in [0.1, 0.15) is 5.69 Å². The number of piperidine rings is 1. The first kappa shape index (κ1) is 17.9. The molecule has 2 saturated heterocycles. The number of carbonyl (C=O) groups is 1. The first-order chi connectivity index (χ1) is 13.2. The second kappa shape index (κ2) is 7.64. The normalized spacial score (nSPS) is 22.0. The van der Waals surface area contributed by atoms with Crippen molar-refractivity contribution in [3.8, 4) is 5.88 Å². The summed E-state index contributed by atoms with van der Waals surface area (Å²) in [7, 11) is 1.80. The third-order valence-electron chi connectivity index (χ3n) is 5.99. The average Bonchev–Trinajstić information content (AvgIpc) is 3.14. The number of hydrogen-bond donors (Lipinski definition) is 0. The molecule has 0 unspecified atom stereocenters. The largest absolute Gasteiger partial charge is 0.476 e. The Morgan fingerprint density at radius 1 is 1.30 bits per heavy atom. The van der Waals surface area contributed by atoms with Gasteiger partial charge < -0.3 is 14.4 Å². The zero-order valence-electron chi connectivity index (χ0n) is 15.6. The Morgan fingerprint density at radius 3 is 2.85 bits per heavy atom. The van der Waals surface area contributed by atoms with Crippen LogP contribution >= 0.6 is 0 Å². The molecule has 2 aromatic rings. The summed E-state index contributed by atoms with van der Waals surface area (Å²) in [6, 6.07) is 1.78. The quantitative estimate of drug-likeness (QED) is 0.811. The highest BCUT2D eigenvalue weighted by Crippen LogP contribution is 2.45. The molecule has 0 N–H and O–H groups in total. The third kappa shape index (κ3) is 3.66. The number of aromatic nitrogens is 4. The maximum absolute atomic E-state index is 12.7. The van der Waals surface area contributed by atoms with Gasteiger partial charge in [0, 0.05) is 51.3 Å². The summed E-state index contributed by atoms with van der Waals surface area (Å²) in [4.78, 5) is 22.9. The van der Waals surface area contributed by atoms with Crippen LogP contribution in [0.4, 0.5) is 0 Å². The van der Waals surface area contributed by atoms with Gasteiger partial charge in [-0.15, -0.1) is 0 Å². The summed E-state index contributed by atoms with van der Waals surface area (Å²) in [5.41, 5.74) is 0.796. The molecule has 144 valence electrons. The van der Waals surface area contributed by atoms with Gasteiger partial charge in [-0.2, -0.15) is 5.10 Å². The van der Waals surface area contributed by atoms with Crippen LogP contribution in [0.25, 0.3) is 0 Å². The zero-order valence-corrected chi connectivity index (χ0v) is 15.6. The standard InChI is InChI=1S/C19H25N5O3/c1-23-16(2-6-22-23)18(25)24-9-3-19(4-10-24)5-11-26-13-15(19)14-27-17-12-20-7-8-21-17/h2,6-8,12,15H,3-5,9-11,13-14H2,1H3/t15-/m1/s1. The number of ether oxygens (including phenoxy) is 2. The Balaban J connectivity index is 1.40. The lowest BCUT2D eigenvalue weighted by molar-refractivity contribution is -0.0826. The molecule has 27 heavy (non-hydrogen) atoms. The minimum absolute atomic E-state index is 0.0595. The van der Waals surface area contributed by atoms with Gasteiger partial charge in [-0.1, -0.05) is 0 Å². The maximum atomic E-state index is 12.7. The summed E-state index contributed by atoms with van der Waals surface area (Å²) in [5, 5.41) is 4.11. The summed E-state index contributed by atoms with van der Waals surface area (Å²) in [5.74, 6) is 0.897. The summed E-state index contributed by atoms with van der Waals surface area (Å²) >= 11 is 0. The SMILES string of the molecule is Cn1nccc1C(=O)N1CCC2(CCOC[C@@H]2COc2cnccn2)CC1. The Labute approximate surface area is 158 Å². The smallest absolute Gasteiger partial charge is 0.272 e. The summed E-state index contributed by atoms with van der Waals surface area (Å²) in [6.45, 7) is 3.54. The minimum atomic E-state index is 0.0595. The first-order valence-electron chi connectivity index (χ1n) is 9.42. The van der Waals surface area contributed by atoms with E-state index in [0.29, 0.717) is 30.7 Å². The Kier molecular flexibility index (Phi) is 5.07. The van der Waals surface area contributed by atoms with Crippen molar-refractivity contribution in [3.05, 3.63) is 36.5 Å². The molecule has 4 rings (SSSR count). The molecule has 0 aliphatic carbocycles. The van der Waals surface area contributed by atoms with Crippen molar-refractivity contribution in [2.45, 2.75) is 19.3 Å². The van der Waals surface area contributed by atoms with Gasteiger partial charge >= 0.3 is 0 Å². The van der Waals surface area contributed by atoms with Gasteiger partial charge in [0.15, 0.2) is 0 Å². The van der Waals surface area contributed by atoms with Crippen LogP contribution in [0, 0.1) is 11.3 Å². The van der Waals surface area contributed by atoms with Gasteiger partial charge in [-0.3, -0.25) is 14.5 Å². The van der Waals surface area contributed by atoms with Gasteiger partial charge in [0.25, 0.3) is 5.91 Å². The highest BCUT2D eigenvalue weighted by Gasteiger charge is 2.44. The number of carbonyl (C=O) groups excluding carboxylic acids is 1. The molecule has 1 spiro atoms. The van der Waals surface area contributed by atoms with Crippen LogP contribution in [-0.2, 0) is 11.8 Å². The van der Waals surface area contributed by atoms with E-state index >= 15 is 0 Å². The fraction of sp³-hybridized carbons (Fsp3) is 0.579. The Bertz CT molecular complexity index is 771. The average molecular weight is 371 g/mol. The molecule has 2 aromatic heterocycles. The van der Waals surface area contributed by atoms with Crippen LogP contribution in [0.3, 0.4) is 0 Å². The third-order valence-corrected chi connectivity index (χ3v) is 5.99. The summed E-state index contributed by atoms with van der Waals surface area (Å²) in [6.07, 6.45) is 9.50. The fourth-order valence-electron chi connectivity index (χ4n) is 4.21. The van der Waals surface area contributed by atoms with Crippen LogP contribution in [0.5, 0.6) is 5.88 Å². The van der Waals surface area contributed by atoms with Gasteiger partial charge in [-0.25, -0.2) is 4.98 Å². The molecular weight excluding hydrogens is 346 g/mol. The molecule has 1 atom stereocenters. The van der Waals surface area contributed by atoms with Crippen LogP contribution in [0.15, 0.2) is 30.9 Å². The first-order valence-corrected chi connectivity index (χ1v) is 9.42. The minimum Gasteiger partial charge on any atom is -0.476 e. The van der Waals surface area contributed by atoms with Crippen molar-refractivity contribution >= 4 is 5.91 Å². The molecule has 4 heterocycles. The van der Waals surface area contributed by atoms with Gasteiger partial charge in [-0.05, 0) is 30.7 Å². The lowest BCUT2D eigenvalue weighted by Gasteiger charge is -2.48. The van der Waals surface area contributed by atoms with Crippen LogP contribution in [-0.4, -0.2) is 63.5 Å². The van der Waals surface area contributed by atoms with E-state index in [1.54, 1.807) is 42.6 Å². The van der Waals surface area contributed by atoms with E-state index in [2.05, 4.69) is 15.1 Å². The highest BCUT2D eigenvalue weighted by molar-refractivity contribution is 5.92. The van der Waals surface area contributed by atoms with E-state index < -0.39 is 0 Å². The van der Waals surface area contributed by atoms with E-state index in [4.69, 9.17) is 9.47 Å². The fourth-order valence-corrected chi connectivity index (χ4v) is 4.21. The van der Waals surface area contributed by atoms with Crippen LogP contribution < -0.4 is 4.74 Å². The van der Waals surface area contributed by atoms with Crippen molar-refractivity contribution < 1.29 is 14.3 Å². The zero-order chi connectivity index (χ0) is 18.7. The van der Waals surface area contributed by atoms with E-state index in [9.17, 15) is 4.79 Å². The molecule has 0 saturated carbocycles.